The highest BCUT2D eigenvalue weighted by Gasteiger charge is 2.22. The minimum Gasteiger partial charge on any atom is -0.493 e. The van der Waals surface area contributed by atoms with Gasteiger partial charge in [0.05, 0.1) is 26.1 Å². The summed E-state index contributed by atoms with van der Waals surface area (Å²) in [5.41, 5.74) is 5.30. The van der Waals surface area contributed by atoms with Crippen LogP contribution in [0, 0.1) is 13.8 Å². The van der Waals surface area contributed by atoms with E-state index in [4.69, 9.17) is 9.47 Å². The molecule has 1 fully saturated rings. The van der Waals surface area contributed by atoms with E-state index in [-0.39, 0.29) is 24.4 Å². The number of piperazine rings is 1. The lowest BCUT2D eigenvalue weighted by Gasteiger charge is -2.37. The van der Waals surface area contributed by atoms with Crippen LogP contribution in [0.5, 0.6) is 11.5 Å². The molecule has 1 saturated heterocycles. The Balaban J connectivity index is 1.27. The van der Waals surface area contributed by atoms with Gasteiger partial charge in [0.15, 0.2) is 11.5 Å². The lowest BCUT2D eigenvalue weighted by molar-refractivity contribution is -0.131. The van der Waals surface area contributed by atoms with E-state index in [9.17, 15) is 9.59 Å². The molecule has 2 aromatic carbocycles. The summed E-state index contributed by atoms with van der Waals surface area (Å²) in [4.78, 5) is 38.0. The maximum atomic E-state index is 13.2. The summed E-state index contributed by atoms with van der Waals surface area (Å²) >= 11 is 0. The first-order valence-electron chi connectivity index (χ1n) is 12.1. The molecular weight excluding hydrogens is 458 g/mol. The zero-order valence-corrected chi connectivity index (χ0v) is 21.1. The van der Waals surface area contributed by atoms with E-state index < -0.39 is 0 Å². The molecule has 188 valence electrons. The van der Waals surface area contributed by atoms with Gasteiger partial charge in [0.1, 0.15) is 11.0 Å². The van der Waals surface area contributed by atoms with Crippen LogP contribution in [0.1, 0.15) is 17.5 Å². The molecule has 4 aromatic rings. The molecule has 36 heavy (non-hydrogen) atoms. The van der Waals surface area contributed by atoms with Crippen molar-refractivity contribution in [3.63, 3.8) is 0 Å². The van der Waals surface area contributed by atoms with Gasteiger partial charge in [-0.3, -0.25) is 14.2 Å². The van der Waals surface area contributed by atoms with E-state index in [0.29, 0.717) is 35.6 Å². The molecule has 0 atom stereocenters. The second-order valence-electron chi connectivity index (χ2n) is 9.18. The maximum absolute atomic E-state index is 13.2. The smallest absolute Gasteiger partial charge is 0.277 e. The molecule has 2 aromatic heterocycles. The minimum absolute atomic E-state index is 0.0498. The molecule has 0 unspecified atom stereocenters. The third kappa shape index (κ3) is 4.14. The van der Waals surface area contributed by atoms with Crippen LogP contribution in [0.4, 0.5) is 5.69 Å². The number of nitrogens with zero attached hydrogens (tertiary/aromatic N) is 4. The van der Waals surface area contributed by atoms with Crippen molar-refractivity contribution in [3.05, 3.63) is 58.1 Å². The van der Waals surface area contributed by atoms with Crippen molar-refractivity contribution < 1.29 is 14.3 Å². The van der Waals surface area contributed by atoms with Crippen molar-refractivity contribution in [1.82, 2.24) is 19.4 Å². The molecule has 1 aliphatic rings. The van der Waals surface area contributed by atoms with E-state index >= 15 is 0 Å². The van der Waals surface area contributed by atoms with Gasteiger partial charge in [0.25, 0.3) is 5.56 Å². The molecule has 1 aliphatic heterocycles. The number of methoxy groups -OCH3 is 2. The lowest BCUT2D eigenvalue weighted by Crippen LogP contribution is -2.49. The molecule has 0 aliphatic carbocycles. The first kappa shape index (κ1) is 23.7. The molecule has 3 heterocycles. The van der Waals surface area contributed by atoms with Gasteiger partial charge in [0.2, 0.25) is 5.91 Å². The highest BCUT2D eigenvalue weighted by molar-refractivity contribution is 6.05. The van der Waals surface area contributed by atoms with Crippen molar-refractivity contribution in [2.75, 3.05) is 45.3 Å². The predicted molar refractivity (Wildman–Crippen MR) is 140 cm³/mol. The highest BCUT2D eigenvalue weighted by Crippen LogP contribution is 2.34. The van der Waals surface area contributed by atoms with Crippen molar-refractivity contribution >= 4 is 33.5 Å². The van der Waals surface area contributed by atoms with Crippen LogP contribution >= 0.6 is 0 Å². The zero-order valence-electron chi connectivity index (χ0n) is 21.1. The number of amides is 1. The second-order valence-corrected chi connectivity index (χ2v) is 9.18. The summed E-state index contributed by atoms with van der Waals surface area (Å²) < 4.78 is 12.2. The third-order valence-electron chi connectivity index (χ3n) is 7.19. The molecule has 5 rings (SSSR count). The Labute approximate surface area is 209 Å². The van der Waals surface area contributed by atoms with Gasteiger partial charge >= 0.3 is 0 Å². The summed E-state index contributed by atoms with van der Waals surface area (Å²) in [6.45, 7) is 7.48. The molecule has 1 N–H and O–H groups in total. The fourth-order valence-electron chi connectivity index (χ4n) is 4.93. The number of hydrogen-bond acceptors (Lipinski definition) is 6. The van der Waals surface area contributed by atoms with Crippen LogP contribution in [0.25, 0.3) is 21.9 Å². The Morgan fingerprint density at radius 2 is 1.78 bits per heavy atom. The predicted octanol–water partition coefficient (Wildman–Crippen LogP) is 3.25. The van der Waals surface area contributed by atoms with E-state index in [0.717, 1.165) is 24.0 Å². The van der Waals surface area contributed by atoms with Crippen molar-refractivity contribution in [2.24, 2.45) is 0 Å². The van der Waals surface area contributed by atoms with Crippen LogP contribution < -0.4 is 19.9 Å². The number of hydrogen-bond donors (Lipinski definition) is 1. The molecule has 0 radical (unpaired) electrons. The summed E-state index contributed by atoms with van der Waals surface area (Å²) in [6, 6.07) is 9.95. The Hall–Kier alpha value is -4.01. The first-order valence-corrected chi connectivity index (χ1v) is 12.1. The van der Waals surface area contributed by atoms with Crippen LogP contribution in [0.15, 0.2) is 41.5 Å². The van der Waals surface area contributed by atoms with Crippen LogP contribution in [0.3, 0.4) is 0 Å². The Kier molecular flexibility index (Phi) is 6.30. The number of benzene rings is 2. The summed E-state index contributed by atoms with van der Waals surface area (Å²) in [6.07, 6.45) is 1.76. The maximum Gasteiger partial charge on any atom is 0.277 e. The molecule has 0 bridgehead atoms. The molecule has 1 amide bonds. The number of carbonyl (C=O) groups excluding carboxylic acids is 1. The fraction of sp³-hybridized carbons (Fsp3) is 0.370. The van der Waals surface area contributed by atoms with E-state index in [2.05, 4.69) is 46.9 Å². The number of fused-ring (bicyclic) bond motifs is 3. The van der Waals surface area contributed by atoms with E-state index in [1.807, 2.05) is 11.0 Å². The number of ether oxygens (including phenoxy) is 2. The molecule has 9 nitrogen and oxygen atoms in total. The summed E-state index contributed by atoms with van der Waals surface area (Å²) in [5.74, 6) is 1.19. The molecule has 9 heteroatoms. The summed E-state index contributed by atoms with van der Waals surface area (Å²) in [5, 5.41) is 0.782. The number of anilines is 1. The number of carbonyl (C=O) groups is 1. The largest absolute Gasteiger partial charge is 0.493 e. The summed E-state index contributed by atoms with van der Waals surface area (Å²) in [7, 11) is 3.14. The number of aryl methyl sites for hydroxylation is 2. The molecule has 0 spiro atoms. The van der Waals surface area contributed by atoms with Crippen LogP contribution in [-0.2, 0) is 11.3 Å². The number of rotatable bonds is 6. The molecule has 0 saturated carbocycles. The lowest BCUT2D eigenvalue weighted by atomic mass is 10.1. The van der Waals surface area contributed by atoms with Crippen LogP contribution in [-0.4, -0.2) is 65.7 Å². The standard InChI is InChI=1S/C27H31N5O4/c1-17-6-5-7-21(18(17)2)30-10-12-31(13-11-30)24(33)8-9-32-16-28-25-19-14-22(35-3)23(36-4)15-20(19)29-26(25)27(32)34/h5-7,14-16,29H,8-13H2,1-4H3. The number of aromatic amines is 1. The van der Waals surface area contributed by atoms with Crippen molar-refractivity contribution in [2.45, 2.75) is 26.8 Å². The zero-order chi connectivity index (χ0) is 25.4. The monoisotopic (exact) mass is 489 g/mol. The van der Waals surface area contributed by atoms with Gasteiger partial charge in [-0.1, -0.05) is 12.1 Å². The Morgan fingerprint density at radius 3 is 2.50 bits per heavy atom. The van der Waals surface area contributed by atoms with Crippen molar-refractivity contribution in [1.29, 1.82) is 0 Å². The van der Waals surface area contributed by atoms with Gasteiger partial charge in [-0.25, -0.2) is 4.98 Å². The minimum atomic E-state index is -0.207. The Bertz CT molecular complexity index is 1500. The number of aromatic nitrogens is 3. The SMILES string of the molecule is COc1cc2[nH]c3c(=O)n(CCC(=O)N4CCN(c5cccc(C)c5C)CC4)cnc3c2cc1OC. The van der Waals surface area contributed by atoms with E-state index in [1.54, 1.807) is 20.3 Å². The normalized spacial score (nSPS) is 14.0. The van der Waals surface area contributed by atoms with E-state index in [1.165, 1.54) is 27.7 Å². The quantitative estimate of drug-likeness (QED) is 0.447. The first-order chi connectivity index (χ1) is 17.4. The third-order valence-corrected chi connectivity index (χ3v) is 7.19. The van der Waals surface area contributed by atoms with Crippen molar-refractivity contribution in [3.8, 4) is 11.5 Å². The van der Waals surface area contributed by atoms with Gasteiger partial charge in [-0.15, -0.1) is 0 Å². The average molecular weight is 490 g/mol. The van der Waals surface area contributed by atoms with Gasteiger partial charge in [-0.2, -0.15) is 0 Å². The van der Waals surface area contributed by atoms with Gasteiger partial charge < -0.3 is 24.3 Å². The Morgan fingerprint density at radius 1 is 1.06 bits per heavy atom. The fourth-order valence-corrected chi connectivity index (χ4v) is 4.93. The number of nitrogens with one attached hydrogen (secondary N) is 1. The average Bonchev–Trinajstić information content (AvgIpc) is 3.27. The number of H-pyrrole nitrogens is 1. The van der Waals surface area contributed by atoms with Crippen LogP contribution in [0.2, 0.25) is 0 Å². The second kappa shape index (κ2) is 9.56. The topological polar surface area (TPSA) is 92.7 Å². The van der Waals surface area contributed by atoms with Gasteiger partial charge in [-0.05, 0) is 37.1 Å². The molecular formula is C27H31N5O4. The highest BCUT2D eigenvalue weighted by atomic mass is 16.5. The van der Waals surface area contributed by atoms with Gasteiger partial charge in [0, 0.05) is 56.3 Å².